The Bertz CT molecular complexity index is 692. The molecule has 0 N–H and O–H groups in total. The number of halogens is 1. The van der Waals surface area contributed by atoms with Gasteiger partial charge in [0.05, 0.1) is 12.3 Å². The minimum Gasteiger partial charge on any atom is -0.346 e. The number of pyridine rings is 1. The monoisotopic (exact) mass is 267 g/mol. The maximum absolute atomic E-state index is 13.4. The lowest BCUT2D eigenvalue weighted by Gasteiger charge is -2.29. The molecule has 20 heavy (non-hydrogen) atoms. The quantitative estimate of drug-likeness (QED) is 0.835. The van der Waals surface area contributed by atoms with E-state index in [9.17, 15) is 4.39 Å². The van der Waals surface area contributed by atoms with Gasteiger partial charge in [-0.05, 0) is 37.1 Å². The first-order valence-electron chi connectivity index (χ1n) is 6.86. The molecule has 1 aliphatic carbocycles. The van der Waals surface area contributed by atoms with E-state index in [4.69, 9.17) is 0 Å². The molecule has 0 atom stereocenters. The molecule has 2 aromatic rings. The molecule has 0 spiro atoms. The van der Waals surface area contributed by atoms with E-state index >= 15 is 0 Å². The van der Waals surface area contributed by atoms with Crippen molar-refractivity contribution in [1.29, 1.82) is 0 Å². The molecule has 2 heterocycles. The second-order valence-electron chi connectivity index (χ2n) is 5.27. The zero-order valence-corrected chi connectivity index (χ0v) is 11.0. The Labute approximate surface area is 116 Å². The van der Waals surface area contributed by atoms with Gasteiger partial charge in [-0.15, -0.1) is 0 Å². The summed E-state index contributed by atoms with van der Waals surface area (Å²) < 4.78 is 13.4. The van der Waals surface area contributed by atoms with E-state index in [-0.39, 0.29) is 5.82 Å². The lowest BCUT2D eigenvalue weighted by molar-refractivity contribution is 0.627. The maximum Gasteiger partial charge on any atom is 0.155 e. The Morgan fingerprint density at radius 2 is 2.05 bits per heavy atom. The highest BCUT2D eigenvalue weighted by molar-refractivity contribution is 6.07. The van der Waals surface area contributed by atoms with E-state index in [1.807, 2.05) is 18.2 Å². The summed E-state index contributed by atoms with van der Waals surface area (Å²) in [5.41, 5.74) is 2.65. The highest BCUT2D eigenvalue weighted by Gasteiger charge is 2.34. The first kappa shape index (κ1) is 11.6. The second kappa shape index (κ2) is 4.40. The largest absolute Gasteiger partial charge is 0.346 e. The normalized spacial score (nSPS) is 17.6. The van der Waals surface area contributed by atoms with Crippen LogP contribution in [0.4, 0.5) is 15.9 Å². The van der Waals surface area contributed by atoms with Crippen molar-refractivity contribution in [3.8, 4) is 0 Å². The Hall–Kier alpha value is -2.23. The molecule has 0 unspecified atom stereocenters. The molecule has 0 bridgehead atoms. The molecule has 1 fully saturated rings. The Morgan fingerprint density at radius 1 is 1.15 bits per heavy atom. The first-order chi connectivity index (χ1) is 9.81. The smallest absolute Gasteiger partial charge is 0.155 e. The number of hydrogen-bond donors (Lipinski definition) is 0. The predicted octanol–water partition coefficient (Wildman–Crippen LogP) is 3.32. The van der Waals surface area contributed by atoms with Crippen LogP contribution in [0.1, 0.15) is 18.4 Å². The van der Waals surface area contributed by atoms with Crippen LogP contribution in [-0.4, -0.2) is 23.3 Å². The molecule has 1 aromatic heterocycles. The van der Waals surface area contributed by atoms with Crippen molar-refractivity contribution in [2.45, 2.75) is 18.9 Å². The fraction of sp³-hybridized carbons (Fsp3) is 0.250. The topological polar surface area (TPSA) is 28.5 Å². The molecule has 1 aromatic carbocycles. The van der Waals surface area contributed by atoms with Crippen molar-refractivity contribution in [2.24, 2.45) is 4.99 Å². The van der Waals surface area contributed by atoms with Gasteiger partial charge < -0.3 is 4.90 Å². The molecular weight excluding hydrogens is 253 g/mol. The summed E-state index contributed by atoms with van der Waals surface area (Å²) in [5.74, 6) is 0.732. The van der Waals surface area contributed by atoms with E-state index in [1.54, 1.807) is 18.3 Å². The van der Waals surface area contributed by atoms with Gasteiger partial charge in [0.25, 0.3) is 0 Å². The van der Waals surface area contributed by atoms with E-state index < -0.39 is 0 Å². The molecule has 3 nitrogen and oxygen atoms in total. The number of anilines is 1. The van der Waals surface area contributed by atoms with Crippen LogP contribution >= 0.6 is 0 Å². The number of nitrogens with zero attached hydrogens (tertiary/aromatic N) is 3. The van der Waals surface area contributed by atoms with Gasteiger partial charge in [-0.25, -0.2) is 14.4 Å². The number of fused-ring (bicyclic) bond motifs is 1. The zero-order chi connectivity index (χ0) is 13.5. The van der Waals surface area contributed by atoms with Crippen molar-refractivity contribution in [3.63, 3.8) is 0 Å². The summed E-state index contributed by atoms with van der Waals surface area (Å²) in [6.07, 6.45) is 4.20. The molecule has 4 rings (SSSR count). The van der Waals surface area contributed by atoms with Gasteiger partial charge >= 0.3 is 0 Å². The minimum absolute atomic E-state index is 0.222. The van der Waals surface area contributed by atoms with Gasteiger partial charge in [0.2, 0.25) is 0 Å². The van der Waals surface area contributed by atoms with Gasteiger partial charge in [0, 0.05) is 17.8 Å². The van der Waals surface area contributed by atoms with Crippen molar-refractivity contribution >= 4 is 17.2 Å². The van der Waals surface area contributed by atoms with Crippen molar-refractivity contribution in [2.75, 3.05) is 11.4 Å². The standard InChI is InChI=1S/C16H14FN3/c17-12-4-1-3-11(9-12)15-10-20(13-6-7-13)16-14(19-15)5-2-8-18-16/h1-5,8-9,13H,6-7,10H2. The molecule has 0 saturated heterocycles. The van der Waals surface area contributed by atoms with Crippen LogP contribution in [0.25, 0.3) is 0 Å². The maximum atomic E-state index is 13.4. The molecule has 1 aliphatic heterocycles. The number of benzene rings is 1. The van der Waals surface area contributed by atoms with Gasteiger partial charge in [0.15, 0.2) is 5.82 Å². The first-order valence-corrected chi connectivity index (χ1v) is 6.86. The Kier molecular flexibility index (Phi) is 2.55. The molecule has 4 heteroatoms. The second-order valence-corrected chi connectivity index (χ2v) is 5.27. The van der Waals surface area contributed by atoms with E-state index in [0.29, 0.717) is 12.6 Å². The summed E-state index contributed by atoms with van der Waals surface area (Å²) in [7, 11) is 0. The summed E-state index contributed by atoms with van der Waals surface area (Å²) >= 11 is 0. The van der Waals surface area contributed by atoms with Gasteiger partial charge in [-0.2, -0.15) is 0 Å². The fourth-order valence-electron chi connectivity index (χ4n) is 2.63. The van der Waals surface area contributed by atoms with Crippen LogP contribution in [0.5, 0.6) is 0 Å². The Balaban J connectivity index is 1.80. The highest BCUT2D eigenvalue weighted by Crippen LogP contribution is 2.38. The predicted molar refractivity (Wildman–Crippen MR) is 77.2 cm³/mol. The van der Waals surface area contributed by atoms with E-state index in [1.165, 1.54) is 18.9 Å². The van der Waals surface area contributed by atoms with Gasteiger partial charge in [0.1, 0.15) is 11.5 Å². The SMILES string of the molecule is Fc1cccc(C2=Nc3cccnc3N(C3CC3)C2)c1. The molecular formula is C16H14FN3. The van der Waals surface area contributed by atoms with Gasteiger partial charge in [-0.1, -0.05) is 12.1 Å². The third-order valence-corrected chi connectivity index (χ3v) is 3.76. The molecule has 1 saturated carbocycles. The third-order valence-electron chi connectivity index (χ3n) is 3.76. The van der Waals surface area contributed by atoms with Gasteiger partial charge in [-0.3, -0.25) is 0 Å². The number of hydrogen-bond acceptors (Lipinski definition) is 3. The van der Waals surface area contributed by atoms with Crippen LogP contribution in [0.2, 0.25) is 0 Å². The van der Waals surface area contributed by atoms with Crippen LogP contribution in [0.3, 0.4) is 0 Å². The average Bonchev–Trinajstić information content (AvgIpc) is 3.31. The molecule has 0 radical (unpaired) electrons. The zero-order valence-electron chi connectivity index (χ0n) is 11.0. The Morgan fingerprint density at radius 3 is 2.85 bits per heavy atom. The number of aromatic nitrogens is 1. The summed E-state index contributed by atoms with van der Waals surface area (Å²) in [6.45, 7) is 0.706. The van der Waals surface area contributed by atoms with Crippen LogP contribution in [0.15, 0.2) is 47.6 Å². The van der Waals surface area contributed by atoms with Crippen molar-refractivity contribution in [3.05, 3.63) is 54.0 Å². The van der Waals surface area contributed by atoms with Crippen molar-refractivity contribution < 1.29 is 4.39 Å². The van der Waals surface area contributed by atoms with Crippen LogP contribution in [0, 0.1) is 5.82 Å². The molecule has 2 aliphatic rings. The summed E-state index contributed by atoms with van der Waals surface area (Å²) in [4.78, 5) is 11.4. The number of rotatable bonds is 2. The van der Waals surface area contributed by atoms with Crippen molar-refractivity contribution in [1.82, 2.24) is 4.98 Å². The number of aliphatic imine (C=N–C) groups is 1. The third kappa shape index (κ3) is 1.97. The average molecular weight is 267 g/mol. The minimum atomic E-state index is -0.222. The lowest BCUT2D eigenvalue weighted by Crippen LogP contribution is -2.35. The highest BCUT2D eigenvalue weighted by atomic mass is 19.1. The molecule has 100 valence electrons. The summed E-state index contributed by atoms with van der Waals surface area (Å²) in [6, 6.07) is 11.1. The van der Waals surface area contributed by atoms with E-state index in [0.717, 1.165) is 22.8 Å². The lowest BCUT2D eigenvalue weighted by atomic mass is 10.1. The molecule has 0 amide bonds. The van der Waals surface area contributed by atoms with E-state index in [2.05, 4.69) is 14.9 Å². The van der Waals surface area contributed by atoms with Crippen LogP contribution in [-0.2, 0) is 0 Å². The summed E-state index contributed by atoms with van der Waals surface area (Å²) in [5, 5.41) is 0. The fourth-order valence-corrected chi connectivity index (χ4v) is 2.63. The van der Waals surface area contributed by atoms with Crippen LogP contribution < -0.4 is 4.90 Å².